The highest BCUT2D eigenvalue weighted by atomic mass is 19.3. The van der Waals surface area contributed by atoms with Gasteiger partial charge >= 0.3 is 0 Å². The zero-order chi connectivity index (χ0) is 26.1. The molecule has 0 spiro atoms. The molecule has 1 saturated heterocycles. The molecule has 2 aromatic heterocycles. The standard InChI is InChI=1S/C26H31F3N6O/c1-5-18-14-35(22-12-24(36)32(4)23-15-33(10-9-30)31-25(22)23)19(6-2)13-34(18)16(3)20-8-7-17(27)11-21(20)26(28)29/h7-8,11-12,15-16,18-19,26H,5-6,10,13-14H2,1-4H3/t16?,18-,19+/m1/s1. The van der Waals surface area contributed by atoms with Crippen molar-refractivity contribution in [3.05, 3.63) is 57.8 Å². The smallest absolute Gasteiger partial charge is 0.264 e. The van der Waals surface area contributed by atoms with Gasteiger partial charge in [0.2, 0.25) is 0 Å². The van der Waals surface area contributed by atoms with E-state index in [0.29, 0.717) is 29.7 Å². The van der Waals surface area contributed by atoms with E-state index in [4.69, 9.17) is 5.26 Å². The van der Waals surface area contributed by atoms with Gasteiger partial charge in [0.1, 0.15) is 17.9 Å². The lowest BCUT2D eigenvalue weighted by Crippen LogP contribution is -2.59. The third-order valence-corrected chi connectivity index (χ3v) is 7.39. The van der Waals surface area contributed by atoms with E-state index < -0.39 is 12.2 Å². The van der Waals surface area contributed by atoms with E-state index in [1.807, 2.05) is 6.92 Å². The fourth-order valence-corrected chi connectivity index (χ4v) is 5.36. The van der Waals surface area contributed by atoms with E-state index in [1.54, 1.807) is 19.3 Å². The maximum Gasteiger partial charge on any atom is 0.264 e. The third-order valence-electron chi connectivity index (χ3n) is 7.39. The Bertz CT molecular complexity index is 1340. The Hall–Kier alpha value is -3.32. The number of fused-ring (bicyclic) bond motifs is 1. The third kappa shape index (κ3) is 4.60. The van der Waals surface area contributed by atoms with Crippen LogP contribution in [0.1, 0.15) is 57.2 Å². The number of halogens is 3. The van der Waals surface area contributed by atoms with Crippen LogP contribution in [-0.4, -0.2) is 44.4 Å². The number of hydrogen-bond acceptors (Lipinski definition) is 5. The highest BCUT2D eigenvalue weighted by Crippen LogP contribution is 2.37. The van der Waals surface area contributed by atoms with Crippen LogP contribution in [-0.2, 0) is 13.6 Å². The molecule has 1 aliphatic rings. The quantitative estimate of drug-likeness (QED) is 0.467. The van der Waals surface area contributed by atoms with Gasteiger partial charge < -0.3 is 9.47 Å². The van der Waals surface area contributed by atoms with Crippen molar-refractivity contribution in [1.29, 1.82) is 5.26 Å². The van der Waals surface area contributed by atoms with Gasteiger partial charge in [-0.25, -0.2) is 13.2 Å². The molecule has 192 valence electrons. The summed E-state index contributed by atoms with van der Waals surface area (Å²) in [5.41, 5.74) is 2.02. The van der Waals surface area contributed by atoms with Crippen LogP contribution in [0.4, 0.5) is 18.9 Å². The molecule has 1 unspecified atom stereocenters. The maximum absolute atomic E-state index is 13.8. The Kier molecular flexibility index (Phi) is 7.41. The number of nitriles is 1. The average Bonchev–Trinajstić information content (AvgIpc) is 3.29. The van der Waals surface area contributed by atoms with Gasteiger partial charge in [-0.2, -0.15) is 10.4 Å². The second-order valence-corrected chi connectivity index (χ2v) is 9.37. The van der Waals surface area contributed by atoms with Crippen LogP contribution in [0.5, 0.6) is 0 Å². The summed E-state index contributed by atoms with van der Waals surface area (Å²) in [6, 6.07) is 6.98. The number of nitrogens with zero attached hydrogens (tertiary/aromatic N) is 6. The Morgan fingerprint density at radius 3 is 2.50 bits per heavy atom. The number of hydrogen-bond donors (Lipinski definition) is 0. The Morgan fingerprint density at radius 1 is 1.14 bits per heavy atom. The van der Waals surface area contributed by atoms with Crippen LogP contribution in [0, 0.1) is 17.1 Å². The van der Waals surface area contributed by atoms with E-state index in [0.717, 1.165) is 24.6 Å². The molecular weight excluding hydrogens is 469 g/mol. The minimum absolute atomic E-state index is 0.00196. The first-order valence-electron chi connectivity index (χ1n) is 12.2. The SMILES string of the molecule is CC[C@H]1CN(C(C)c2ccc(F)cc2C(F)F)[C@H](CC)CN1c1cc(=O)n(C)c2cn(CC#N)nc12. The van der Waals surface area contributed by atoms with Gasteiger partial charge in [0.25, 0.3) is 12.0 Å². The molecule has 3 atom stereocenters. The zero-order valence-electron chi connectivity index (χ0n) is 21.0. The molecule has 7 nitrogen and oxygen atoms in total. The van der Waals surface area contributed by atoms with Crippen molar-refractivity contribution >= 4 is 16.7 Å². The summed E-state index contributed by atoms with van der Waals surface area (Å²) in [6.45, 7) is 7.25. The predicted molar refractivity (Wildman–Crippen MR) is 133 cm³/mol. The first-order chi connectivity index (χ1) is 17.2. The number of anilines is 1. The maximum atomic E-state index is 13.8. The molecule has 36 heavy (non-hydrogen) atoms. The number of rotatable bonds is 7. The van der Waals surface area contributed by atoms with Gasteiger partial charge in [0.15, 0.2) is 0 Å². The average molecular weight is 501 g/mol. The molecule has 1 fully saturated rings. The first-order valence-corrected chi connectivity index (χ1v) is 12.2. The van der Waals surface area contributed by atoms with Gasteiger partial charge in [-0.05, 0) is 37.5 Å². The number of piperazine rings is 1. The summed E-state index contributed by atoms with van der Waals surface area (Å²) in [7, 11) is 1.68. The lowest BCUT2D eigenvalue weighted by atomic mass is 9.94. The molecule has 0 amide bonds. The van der Waals surface area contributed by atoms with Crippen LogP contribution < -0.4 is 10.5 Å². The number of pyridine rings is 1. The lowest BCUT2D eigenvalue weighted by molar-refractivity contribution is 0.0958. The Morgan fingerprint density at radius 2 is 1.86 bits per heavy atom. The molecule has 3 heterocycles. The Balaban J connectivity index is 1.74. The van der Waals surface area contributed by atoms with Crippen LogP contribution >= 0.6 is 0 Å². The summed E-state index contributed by atoms with van der Waals surface area (Å²) in [6.07, 6.45) is 0.471. The van der Waals surface area contributed by atoms with Crippen LogP contribution in [0.3, 0.4) is 0 Å². The molecule has 0 aliphatic carbocycles. The first kappa shape index (κ1) is 25.8. The Labute approximate surface area is 208 Å². The van der Waals surface area contributed by atoms with Crippen molar-refractivity contribution in [2.45, 2.75) is 64.7 Å². The lowest BCUT2D eigenvalue weighted by Gasteiger charge is -2.49. The van der Waals surface area contributed by atoms with Gasteiger partial charge in [-0.15, -0.1) is 0 Å². The summed E-state index contributed by atoms with van der Waals surface area (Å²) in [4.78, 5) is 17.2. The fourth-order valence-electron chi connectivity index (χ4n) is 5.36. The monoisotopic (exact) mass is 500 g/mol. The molecule has 3 aromatic rings. The van der Waals surface area contributed by atoms with E-state index in [2.05, 4.69) is 34.8 Å². The molecule has 0 saturated carbocycles. The van der Waals surface area contributed by atoms with Gasteiger partial charge in [0.05, 0.1) is 23.5 Å². The van der Waals surface area contributed by atoms with E-state index in [9.17, 15) is 18.0 Å². The minimum atomic E-state index is -2.76. The van der Waals surface area contributed by atoms with Crippen molar-refractivity contribution in [2.75, 3.05) is 18.0 Å². The summed E-state index contributed by atoms with van der Waals surface area (Å²) >= 11 is 0. The van der Waals surface area contributed by atoms with Crippen LogP contribution in [0.25, 0.3) is 11.0 Å². The van der Waals surface area contributed by atoms with Crippen molar-refractivity contribution in [3.63, 3.8) is 0 Å². The van der Waals surface area contributed by atoms with Crippen molar-refractivity contribution in [1.82, 2.24) is 19.2 Å². The molecule has 1 aliphatic heterocycles. The predicted octanol–water partition coefficient (Wildman–Crippen LogP) is 4.78. The number of aryl methyl sites for hydroxylation is 1. The van der Waals surface area contributed by atoms with Crippen molar-refractivity contribution < 1.29 is 13.2 Å². The molecule has 0 N–H and O–H groups in total. The zero-order valence-corrected chi connectivity index (χ0v) is 21.0. The van der Waals surface area contributed by atoms with Crippen LogP contribution in [0.2, 0.25) is 0 Å². The molecular formula is C26H31F3N6O. The molecule has 10 heteroatoms. The van der Waals surface area contributed by atoms with E-state index in [-0.39, 0.29) is 35.8 Å². The fraction of sp³-hybridized carbons (Fsp3) is 0.500. The topological polar surface area (TPSA) is 70.1 Å². The van der Waals surface area contributed by atoms with E-state index in [1.165, 1.54) is 21.4 Å². The second-order valence-electron chi connectivity index (χ2n) is 9.37. The second kappa shape index (κ2) is 10.3. The summed E-state index contributed by atoms with van der Waals surface area (Å²) in [5.74, 6) is -0.671. The highest BCUT2D eigenvalue weighted by molar-refractivity contribution is 5.88. The summed E-state index contributed by atoms with van der Waals surface area (Å²) in [5, 5.41) is 13.7. The van der Waals surface area contributed by atoms with Crippen LogP contribution in [0.15, 0.2) is 35.3 Å². The van der Waals surface area contributed by atoms with Gasteiger partial charge in [-0.3, -0.25) is 14.4 Å². The minimum Gasteiger partial charge on any atom is -0.364 e. The van der Waals surface area contributed by atoms with Crippen molar-refractivity contribution in [3.8, 4) is 6.07 Å². The van der Waals surface area contributed by atoms with Gasteiger partial charge in [0, 0.05) is 49.9 Å². The van der Waals surface area contributed by atoms with Gasteiger partial charge in [-0.1, -0.05) is 19.9 Å². The summed E-state index contributed by atoms with van der Waals surface area (Å²) < 4.78 is 44.3. The molecule has 0 radical (unpaired) electrons. The number of alkyl halides is 2. The molecule has 0 bridgehead atoms. The van der Waals surface area contributed by atoms with Crippen molar-refractivity contribution in [2.24, 2.45) is 7.05 Å². The number of benzene rings is 1. The molecule has 1 aromatic carbocycles. The molecule has 4 rings (SSSR count). The largest absolute Gasteiger partial charge is 0.364 e. The highest BCUT2D eigenvalue weighted by Gasteiger charge is 2.37. The number of aromatic nitrogens is 3. The normalized spacial score (nSPS) is 19.7. The van der Waals surface area contributed by atoms with E-state index >= 15 is 0 Å².